The number of aliphatic hydroxyl groups excluding tert-OH is 1. The van der Waals surface area contributed by atoms with Crippen LogP contribution < -0.4 is 11.1 Å². The summed E-state index contributed by atoms with van der Waals surface area (Å²) in [7, 11) is 0. The van der Waals surface area contributed by atoms with Crippen LogP contribution in [0.3, 0.4) is 0 Å². The summed E-state index contributed by atoms with van der Waals surface area (Å²) in [6.07, 6.45) is 4.05. The molecular formula is C12H20N4O2. The van der Waals surface area contributed by atoms with Crippen molar-refractivity contribution in [1.29, 1.82) is 0 Å². The Kier molecular flexibility index (Phi) is 3.86. The van der Waals surface area contributed by atoms with E-state index >= 15 is 0 Å². The minimum atomic E-state index is -0.262. The number of H-pyrrole nitrogens is 1. The summed E-state index contributed by atoms with van der Waals surface area (Å²) in [6.45, 7) is 1.89. The number of nitrogens with zero attached hydrogens (tertiary/aromatic N) is 1. The molecular weight excluding hydrogens is 232 g/mol. The van der Waals surface area contributed by atoms with Gasteiger partial charge in [0.05, 0.1) is 11.4 Å². The Labute approximate surface area is 106 Å². The van der Waals surface area contributed by atoms with Crippen LogP contribution in [0.25, 0.3) is 0 Å². The zero-order valence-electron chi connectivity index (χ0n) is 10.6. The third-order valence-corrected chi connectivity index (χ3v) is 3.67. The maximum atomic E-state index is 12.1. The van der Waals surface area contributed by atoms with Crippen molar-refractivity contribution in [2.24, 2.45) is 5.92 Å². The molecule has 0 aromatic carbocycles. The van der Waals surface area contributed by atoms with Crippen LogP contribution in [0.5, 0.6) is 0 Å². The lowest BCUT2D eigenvalue weighted by atomic mass is 9.85. The van der Waals surface area contributed by atoms with E-state index in [1.807, 2.05) is 0 Å². The number of aryl methyl sites for hydroxylation is 1. The molecule has 2 rings (SSSR count). The predicted octanol–water partition coefficient (Wildman–Crippen LogP) is 0.581. The second kappa shape index (κ2) is 5.39. The number of aliphatic hydroxyl groups is 1. The average molecular weight is 252 g/mol. The Morgan fingerprint density at radius 2 is 2.28 bits per heavy atom. The van der Waals surface area contributed by atoms with Crippen molar-refractivity contribution in [2.75, 3.05) is 12.3 Å². The minimum absolute atomic E-state index is 0.0210. The summed E-state index contributed by atoms with van der Waals surface area (Å²) < 4.78 is 0. The molecule has 1 amide bonds. The number of amides is 1. The molecule has 0 radical (unpaired) electrons. The van der Waals surface area contributed by atoms with E-state index in [0.717, 1.165) is 25.7 Å². The van der Waals surface area contributed by atoms with Crippen LogP contribution in [0.4, 0.5) is 5.69 Å². The fourth-order valence-electron chi connectivity index (χ4n) is 2.46. The standard InChI is InChI=1S/C12H20N4O2/c1-7-10(13)11(16-15-7)12(18)14-9-5-3-2-4-8(9)6-17/h8-9,17H,2-6,13H2,1H3,(H,14,18)(H,15,16). The van der Waals surface area contributed by atoms with Crippen LogP contribution in [-0.2, 0) is 0 Å². The number of anilines is 1. The highest BCUT2D eigenvalue weighted by Crippen LogP contribution is 2.24. The molecule has 2 unspecified atom stereocenters. The topological polar surface area (TPSA) is 104 Å². The maximum absolute atomic E-state index is 12.1. The molecule has 1 fully saturated rings. The third-order valence-electron chi connectivity index (χ3n) is 3.67. The lowest BCUT2D eigenvalue weighted by Gasteiger charge is -2.30. The molecule has 0 spiro atoms. The minimum Gasteiger partial charge on any atom is -0.396 e. The molecule has 6 heteroatoms. The van der Waals surface area contributed by atoms with Crippen LogP contribution in [0.15, 0.2) is 0 Å². The number of nitrogen functional groups attached to an aromatic ring is 1. The molecule has 100 valence electrons. The Morgan fingerprint density at radius 1 is 1.56 bits per heavy atom. The summed E-state index contributed by atoms with van der Waals surface area (Å²) in [4.78, 5) is 12.1. The summed E-state index contributed by atoms with van der Waals surface area (Å²) in [5.41, 5.74) is 7.11. The Morgan fingerprint density at radius 3 is 2.89 bits per heavy atom. The van der Waals surface area contributed by atoms with E-state index < -0.39 is 0 Å². The molecule has 0 aliphatic heterocycles. The van der Waals surface area contributed by atoms with Crippen molar-refractivity contribution in [3.8, 4) is 0 Å². The molecule has 5 N–H and O–H groups in total. The fraction of sp³-hybridized carbons (Fsp3) is 0.667. The quantitative estimate of drug-likeness (QED) is 0.631. The van der Waals surface area contributed by atoms with Crippen LogP contribution in [0.1, 0.15) is 41.9 Å². The molecule has 1 aliphatic rings. The van der Waals surface area contributed by atoms with Gasteiger partial charge in [-0.15, -0.1) is 0 Å². The first-order valence-electron chi connectivity index (χ1n) is 6.35. The van der Waals surface area contributed by atoms with Crippen molar-refractivity contribution in [2.45, 2.75) is 38.6 Å². The first kappa shape index (κ1) is 12.9. The van der Waals surface area contributed by atoms with Crippen LogP contribution in [0.2, 0.25) is 0 Å². The maximum Gasteiger partial charge on any atom is 0.274 e. The zero-order valence-corrected chi connectivity index (χ0v) is 10.6. The molecule has 0 bridgehead atoms. The monoisotopic (exact) mass is 252 g/mol. The van der Waals surface area contributed by atoms with Gasteiger partial charge in [0.15, 0.2) is 5.69 Å². The Hall–Kier alpha value is -1.56. The average Bonchev–Trinajstić information content (AvgIpc) is 2.71. The zero-order chi connectivity index (χ0) is 13.1. The second-order valence-electron chi connectivity index (χ2n) is 4.92. The van der Waals surface area contributed by atoms with Gasteiger partial charge in [0.25, 0.3) is 5.91 Å². The van der Waals surface area contributed by atoms with Gasteiger partial charge >= 0.3 is 0 Å². The predicted molar refractivity (Wildman–Crippen MR) is 68.0 cm³/mol. The number of aromatic amines is 1. The van der Waals surface area contributed by atoms with Crippen LogP contribution in [0, 0.1) is 12.8 Å². The highest BCUT2D eigenvalue weighted by molar-refractivity contribution is 5.97. The van der Waals surface area contributed by atoms with Crippen molar-refractivity contribution in [3.05, 3.63) is 11.4 Å². The number of carbonyl (C=O) groups excluding carboxylic acids is 1. The van der Waals surface area contributed by atoms with Gasteiger partial charge in [-0.25, -0.2) is 0 Å². The van der Waals surface area contributed by atoms with Crippen molar-refractivity contribution < 1.29 is 9.90 Å². The van der Waals surface area contributed by atoms with E-state index in [4.69, 9.17) is 5.73 Å². The number of rotatable bonds is 3. The van der Waals surface area contributed by atoms with Gasteiger partial charge in [-0.2, -0.15) is 5.10 Å². The molecule has 6 nitrogen and oxygen atoms in total. The third kappa shape index (κ3) is 2.48. The highest BCUT2D eigenvalue weighted by atomic mass is 16.3. The highest BCUT2D eigenvalue weighted by Gasteiger charge is 2.27. The number of carbonyl (C=O) groups is 1. The summed E-state index contributed by atoms with van der Waals surface area (Å²) in [5.74, 6) is -0.119. The van der Waals surface area contributed by atoms with Crippen molar-refractivity contribution in [1.82, 2.24) is 15.5 Å². The Balaban J connectivity index is 2.04. The van der Waals surface area contributed by atoms with E-state index in [-0.39, 0.29) is 30.2 Å². The van der Waals surface area contributed by atoms with Crippen molar-refractivity contribution >= 4 is 11.6 Å². The van der Waals surface area contributed by atoms with E-state index in [0.29, 0.717) is 11.4 Å². The summed E-state index contributed by atoms with van der Waals surface area (Å²) in [6, 6.07) is 0.0210. The number of hydrogen-bond donors (Lipinski definition) is 4. The summed E-state index contributed by atoms with van der Waals surface area (Å²) >= 11 is 0. The van der Waals surface area contributed by atoms with Gasteiger partial charge in [-0.1, -0.05) is 12.8 Å². The lowest BCUT2D eigenvalue weighted by Crippen LogP contribution is -2.43. The first-order valence-corrected chi connectivity index (χ1v) is 6.35. The Bertz CT molecular complexity index is 430. The van der Waals surface area contributed by atoms with Crippen LogP contribution in [-0.4, -0.2) is 33.9 Å². The fourth-order valence-corrected chi connectivity index (χ4v) is 2.46. The molecule has 1 heterocycles. The van der Waals surface area contributed by atoms with Gasteiger partial charge < -0.3 is 16.2 Å². The van der Waals surface area contributed by atoms with E-state index in [1.54, 1.807) is 6.92 Å². The van der Waals surface area contributed by atoms with Gasteiger partial charge in [0.2, 0.25) is 0 Å². The van der Waals surface area contributed by atoms with E-state index in [9.17, 15) is 9.90 Å². The first-order chi connectivity index (χ1) is 8.63. The van der Waals surface area contributed by atoms with Gasteiger partial charge in [-0.05, 0) is 19.8 Å². The normalized spacial score (nSPS) is 23.9. The van der Waals surface area contributed by atoms with Crippen molar-refractivity contribution in [3.63, 3.8) is 0 Å². The molecule has 0 saturated heterocycles. The second-order valence-corrected chi connectivity index (χ2v) is 4.92. The molecule has 1 aliphatic carbocycles. The molecule has 2 atom stereocenters. The number of nitrogens with one attached hydrogen (secondary N) is 2. The number of nitrogens with two attached hydrogens (primary N) is 1. The lowest BCUT2D eigenvalue weighted by molar-refractivity contribution is 0.0868. The molecule has 1 saturated carbocycles. The van der Waals surface area contributed by atoms with Gasteiger partial charge in [0.1, 0.15) is 0 Å². The largest absolute Gasteiger partial charge is 0.396 e. The van der Waals surface area contributed by atoms with E-state index in [2.05, 4.69) is 15.5 Å². The number of aromatic nitrogens is 2. The van der Waals surface area contributed by atoms with Crippen LogP contribution >= 0.6 is 0 Å². The number of hydrogen-bond acceptors (Lipinski definition) is 4. The smallest absolute Gasteiger partial charge is 0.274 e. The SMILES string of the molecule is Cc1[nH]nc(C(=O)NC2CCCCC2CO)c1N. The summed E-state index contributed by atoms with van der Waals surface area (Å²) in [5, 5.41) is 18.8. The molecule has 1 aromatic heterocycles. The van der Waals surface area contributed by atoms with Gasteiger partial charge in [0, 0.05) is 18.6 Å². The molecule has 1 aromatic rings. The van der Waals surface area contributed by atoms with Gasteiger partial charge in [-0.3, -0.25) is 9.89 Å². The van der Waals surface area contributed by atoms with E-state index in [1.165, 1.54) is 0 Å². The molecule has 18 heavy (non-hydrogen) atoms.